The molecular weight excluding hydrogens is 351 g/mol. The minimum atomic E-state index is -0.475. The molecule has 0 atom stereocenters. The third kappa shape index (κ3) is 5.76. The number of hydrogen-bond donors (Lipinski definition) is 0. The highest BCUT2D eigenvalue weighted by atomic mass is 35.5. The number of Topliss-reactive ketones (excluding diaryl/α,β-unsaturated/α-hetero) is 1. The average molecular weight is 369 g/mol. The summed E-state index contributed by atoms with van der Waals surface area (Å²) in [4.78, 5) is 13.5. The molecule has 0 radical (unpaired) electrons. The zero-order valence-corrected chi connectivity index (χ0v) is 15.3. The number of ketones is 1. The molecule has 0 heterocycles. The molecule has 0 fully saturated rings. The third-order valence-electron chi connectivity index (χ3n) is 3.35. The van der Waals surface area contributed by atoms with Crippen molar-refractivity contribution in [3.63, 3.8) is 0 Å². The van der Waals surface area contributed by atoms with Gasteiger partial charge in [-0.2, -0.15) is 0 Å². The molecule has 0 spiro atoms. The normalized spacial score (nSPS) is 11.3. The SMILES string of the molecule is CC(C)(CSc1ccc(Cl)cc1)C(=O)COc1ccc(Cl)cc1. The van der Waals surface area contributed by atoms with Gasteiger partial charge in [0.2, 0.25) is 0 Å². The fraction of sp³-hybridized carbons (Fsp3) is 0.278. The quantitative estimate of drug-likeness (QED) is 0.581. The number of halogens is 2. The maximum atomic E-state index is 12.4. The van der Waals surface area contributed by atoms with Crippen molar-refractivity contribution in [1.82, 2.24) is 0 Å². The lowest BCUT2D eigenvalue weighted by atomic mass is 9.91. The molecule has 0 saturated carbocycles. The van der Waals surface area contributed by atoms with E-state index in [0.29, 0.717) is 21.5 Å². The van der Waals surface area contributed by atoms with Crippen LogP contribution < -0.4 is 4.74 Å². The van der Waals surface area contributed by atoms with E-state index in [2.05, 4.69) is 0 Å². The highest BCUT2D eigenvalue weighted by Gasteiger charge is 2.28. The molecular formula is C18H18Cl2O2S. The summed E-state index contributed by atoms with van der Waals surface area (Å²) in [5, 5.41) is 1.35. The van der Waals surface area contributed by atoms with E-state index >= 15 is 0 Å². The van der Waals surface area contributed by atoms with Crippen LogP contribution in [0.15, 0.2) is 53.4 Å². The Hall–Kier alpha value is -1.16. The van der Waals surface area contributed by atoms with Gasteiger partial charge in [0.15, 0.2) is 5.78 Å². The van der Waals surface area contributed by atoms with Gasteiger partial charge < -0.3 is 4.74 Å². The van der Waals surface area contributed by atoms with Gasteiger partial charge in [-0.15, -0.1) is 11.8 Å². The Morgan fingerprint density at radius 1 is 1.00 bits per heavy atom. The van der Waals surface area contributed by atoms with Gasteiger partial charge in [0.05, 0.1) is 0 Å². The second kappa shape index (κ2) is 8.09. The molecule has 0 aliphatic heterocycles. The van der Waals surface area contributed by atoms with E-state index < -0.39 is 5.41 Å². The third-order valence-corrected chi connectivity index (χ3v) is 5.33. The van der Waals surface area contributed by atoms with Crippen LogP contribution in [-0.2, 0) is 4.79 Å². The highest BCUT2D eigenvalue weighted by molar-refractivity contribution is 7.99. The molecule has 0 unspecified atom stereocenters. The molecule has 0 N–H and O–H groups in total. The zero-order chi connectivity index (χ0) is 16.9. The van der Waals surface area contributed by atoms with Crippen molar-refractivity contribution < 1.29 is 9.53 Å². The summed E-state index contributed by atoms with van der Waals surface area (Å²) < 4.78 is 5.54. The Balaban J connectivity index is 1.86. The van der Waals surface area contributed by atoms with Gasteiger partial charge in [0.1, 0.15) is 12.4 Å². The maximum Gasteiger partial charge on any atom is 0.176 e. The summed E-state index contributed by atoms with van der Waals surface area (Å²) in [6.45, 7) is 3.92. The molecule has 23 heavy (non-hydrogen) atoms. The number of benzene rings is 2. The molecule has 0 aliphatic carbocycles. The van der Waals surface area contributed by atoms with Crippen molar-refractivity contribution >= 4 is 40.7 Å². The standard InChI is InChI=1S/C18H18Cl2O2S/c1-18(2,12-23-16-9-5-14(20)6-10-16)17(21)11-22-15-7-3-13(19)4-8-15/h3-10H,11-12H2,1-2H3. The van der Waals surface area contributed by atoms with E-state index in [1.165, 1.54) is 0 Å². The fourth-order valence-electron chi connectivity index (χ4n) is 1.75. The Bertz CT molecular complexity index is 652. The lowest BCUT2D eigenvalue weighted by Crippen LogP contribution is -2.31. The lowest BCUT2D eigenvalue weighted by Gasteiger charge is -2.22. The largest absolute Gasteiger partial charge is 0.486 e. The van der Waals surface area contributed by atoms with Crippen LogP contribution in [0, 0.1) is 5.41 Å². The van der Waals surface area contributed by atoms with Crippen LogP contribution in [0.1, 0.15) is 13.8 Å². The van der Waals surface area contributed by atoms with Crippen LogP contribution in [0.5, 0.6) is 5.75 Å². The van der Waals surface area contributed by atoms with Crippen LogP contribution in [0.25, 0.3) is 0 Å². The lowest BCUT2D eigenvalue weighted by molar-refractivity contribution is -0.128. The van der Waals surface area contributed by atoms with Crippen LogP contribution in [0.4, 0.5) is 0 Å². The van der Waals surface area contributed by atoms with Crippen molar-refractivity contribution in [2.45, 2.75) is 18.7 Å². The predicted octanol–water partition coefficient (Wildman–Crippen LogP) is 5.76. The number of carbonyl (C=O) groups excluding carboxylic acids is 1. The van der Waals surface area contributed by atoms with Crippen molar-refractivity contribution in [2.24, 2.45) is 5.41 Å². The molecule has 0 aromatic heterocycles. The smallest absolute Gasteiger partial charge is 0.176 e. The molecule has 2 nitrogen and oxygen atoms in total. The average Bonchev–Trinajstić information content (AvgIpc) is 2.53. The van der Waals surface area contributed by atoms with Crippen molar-refractivity contribution in [1.29, 1.82) is 0 Å². The Morgan fingerprint density at radius 3 is 2.09 bits per heavy atom. The van der Waals surface area contributed by atoms with Crippen LogP contribution in [0.3, 0.4) is 0 Å². The Morgan fingerprint density at radius 2 is 1.52 bits per heavy atom. The van der Waals surface area contributed by atoms with Crippen molar-refractivity contribution in [3.8, 4) is 5.75 Å². The molecule has 2 aromatic carbocycles. The summed E-state index contributed by atoms with van der Waals surface area (Å²) in [5.74, 6) is 1.38. The maximum absolute atomic E-state index is 12.4. The minimum Gasteiger partial charge on any atom is -0.486 e. The molecule has 2 aromatic rings. The first-order chi connectivity index (χ1) is 10.9. The Kier molecular flexibility index (Phi) is 6.40. The van der Waals surface area contributed by atoms with Gasteiger partial charge in [-0.1, -0.05) is 37.0 Å². The fourth-order valence-corrected chi connectivity index (χ4v) is 3.02. The second-order valence-electron chi connectivity index (χ2n) is 5.79. The van der Waals surface area contributed by atoms with Crippen LogP contribution >= 0.6 is 35.0 Å². The number of thioether (sulfide) groups is 1. The monoisotopic (exact) mass is 368 g/mol. The molecule has 0 bridgehead atoms. The summed E-state index contributed by atoms with van der Waals surface area (Å²) in [6.07, 6.45) is 0. The van der Waals surface area contributed by atoms with E-state index in [1.807, 2.05) is 38.1 Å². The van der Waals surface area contributed by atoms with Gasteiger partial charge in [-0.3, -0.25) is 4.79 Å². The molecule has 0 amide bonds. The molecule has 0 aliphatic rings. The first-order valence-corrected chi connectivity index (χ1v) is 8.91. The first kappa shape index (κ1) is 18.2. The van der Waals surface area contributed by atoms with E-state index in [0.717, 1.165) is 4.90 Å². The highest BCUT2D eigenvalue weighted by Crippen LogP contribution is 2.29. The van der Waals surface area contributed by atoms with Gasteiger partial charge in [0, 0.05) is 26.1 Å². The number of carbonyl (C=O) groups is 1. The van der Waals surface area contributed by atoms with E-state index in [-0.39, 0.29) is 12.4 Å². The number of ether oxygens (including phenoxy) is 1. The molecule has 5 heteroatoms. The van der Waals surface area contributed by atoms with Crippen molar-refractivity contribution in [3.05, 3.63) is 58.6 Å². The minimum absolute atomic E-state index is 0.0514. The summed E-state index contributed by atoms with van der Waals surface area (Å²) in [7, 11) is 0. The molecule has 2 rings (SSSR count). The van der Waals surface area contributed by atoms with Gasteiger partial charge >= 0.3 is 0 Å². The first-order valence-electron chi connectivity index (χ1n) is 7.17. The van der Waals surface area contributed by atoms with E-state index in [4.69, 9.17) is 27.9 Å². The van der Waals surface area contributed by atoms with E-state index in [1.54, 1.807) is 36.0 Å². The summed E-state index contributed by atoms with van der Waals surface area (Å²) in [6, 6.07) is 14.6. The van der Waals surface area contributed by atoms with Gasteiger partial charge in [-0.05, 0) is 48.5 Å². The second-order valence-corrected chi connectivity index (χ2v) is 7.71. The van der Waals surface area contributed by atoms with E-state index in [9.17, 15) is 4.79 Å². The molecule has 0 saturated heterocycles. The zero-order valence-electron chi connectivity index (χ0n) is 13.0. The predicted molar refractivity (Wildman–Crippen MR) is 97.9 cm³/mol. The number of hydrogen-bond acceptors (Lipinski definition) is 3. The topological polar surface area (TPSA) is 26.3 Å². The van der Waals surface area contributed by atoms with Gasteiger partial charge in [-0.25, -0.2) is 0 Å². The number of rotatable bonds is 7. The van der Waals surface area contributed by atoms with Gasteiger partial charge in [0.25, 0.3) is 0 Å². The van der Waals surface area contributed by atoms with Crippen LogP contribution in [0.2, 0.25) is 10.0 Å². The summed E-state index contributed by atoms with van der Waals surface area (Å²) >= 11 is 13.3. The Labute approximate surface area is 151 Å². The van der Waals surface area contributed by atoms with Crippen LogP contribution in [-0.4, -0.2) is 18.1 Å². The van der Waals surface area contributed by atoms with Crippen molar-refractivity contribution in [2.75, 3.05) is 12.4 Å². The summed E-state index contributed by atoms with van der Waals surface area (Å²) in [5.41, 5.74) is -0.475. The molecule has 122 valence electrons.